The highest BCUT2D eigenvalue weighted by Gasteiger charge is 2.38. The number of nitrogens with zero attached hydrogens (tertiary/aromatic N) is 1. The van der Waals surface area contributed by atoms with Gasteiger partial charge in [-0.25, -0.2) is 0 Å². The molecule has 0 aromatic heterocycles. The predicted octanol–water partition coefficient (Wildman–Crippen LogP) is 2.52. The van der Waals surface area contributed by atoms with Gasteiger partial charge in [-0.1, -0.05) is 32.9 Å². The summed E-state index contributed by atoms with van der Waals surface area (Å²) in [6, 6.07) is 7.00. The van der Waals surface area contributed by atoms with E-state index in [1.54, 1.807) is 11.8 Å². The van der Waals surface area contributed by atoms with Gasteiger partial charge >= 0.3 is 0 Å². The van der Waals surface area contributed by atoms with Crippen molar-refractivity contribution in [3.63, 3.8) is 0 Å². The molecular weight excluding hydrogens is 264 g/mol. The molecule has 2 atom stereocenters. The zero-order chi connectivity index (χ0) is 15.6. The van der Waals surface area contributed by atoms with Crippen LogP contribution < -0.4 is 10.2 Å². The number of benzene rings is 1. The molecule has 1 N–H and O–H groups in total. The van der Waals surface area contributed by atoms with Crippen LogP contribution in [0.2, 0.25) is 0 Å². The Hall–Kier alpha value is -1.84. The van der Waals surface area contributed by atoms with Crippen LogP contribution >= 0.6 is 0 Å². The molecular formula is C17H24N2O2. The maximum Gasteiger partial charge on any atom is 0.250 e. The van der Waals surface area contributed by atoms with E-state index in [0.717, 1.165) is 12.1 Å². The molecule has 4 heteroatoms. The Bertz CT molecular complexity index is 539. The Balaban J connectivity index is 2.33. The standard InChI is InChI=1S/C17H24N2O2/c1-5-13-7-6-8-14(10-13)19-12(4)16(20)18-15(17(19)21)9-11(2)3/h6-8,10-12,15H,5,9H2,1-4H3,(H,18,20). The van der Waals surface area contributed by atoms with Gasteiger partial charge in [0.1, 0.15) is 12.1 Å². The molecule has 1 aliphatic rings. The van der Waals surface area contributed by atoms with Crippen molar-refractivity contribution in [1.82, 2.24) is 5.32 Å². The molecule has 0 spiro atoms. The van der Waals surface area contributed by atoms with Gasteiger partial charge in [-0.15, -0.1) is 0 Å². The zero-order valence-corrected chi connectivity index (χ0v) is 13.2. The van der Waals surface area contributed by atoms with E-state index in [0.29, 0.717) is 12.3 Å². The van der Waals surface area contributed by atoms with Crippen molar-refractivity contribution in [3.05, 3.63) is 29.8 Å². The molecule has 2 unspecified atom stereocenters. The average molecular weight is 288 g/mol. The highest BCUT2D eigenvalue weighted by atomic mass is 16.2. The molecule has 1 heterocycles. The number of hydrogen-bond donors (Lipinski definition) is 1. The summed E-state index contributed by atoms with van der Waals surface area (Å²) in [7, 11) is 0. The van der Waals surface area contributed by atoms with Crippen molar-refractivity contribution in [2.75, 3.05) is 4.90 Å². The van der Waals surface area contributed by atoms with Gasteiger partial charge in [0.25, 0.3) is 0 Å². The second kappa shape index (κ2) is 6.29. The van der Waals surface area contributed by atoms with E-state index in [1.165, 1.54) is 5.56 Å². The molecule has 114 valence electrons. The second-order valence-corrected chi connectivity index (χ2v) is 6.10. The fourth-order valence-corrected chi connectivity index (χ4v) is 2.74. The highest BCUT2D eigenvalue weighted by molar-refractivity contribution is 6.08. The van der Waals surface area contributed by atoms with Gasteiger partial charge in [0.15, 0.2) is 0 Å². The third-order valence-electron chi connectivity index (χ3n) is 3.92. The molecule has 1 aromatic rings. The zero-order valence-electron chi connectivity index (χ0n) is 13.2. The van der Waals surface area contributed by atoms with Crippen molar-refractivity contribution in [3.8, 4) is 0 Å². The van der Waals surface area contributed by atoms with Crippen molar-refractivity contribution in [1.29, 1.82) is 0 Å². The summed E-state index contributed by atoms with van der Waals surface area (Å²) >= 11 is 0. The molecule has 2 amide bonds. The van der Waals surface area contributed by atoms with Gasteiger partial charge in [-0.3, -0.25) is 14.5 Å². The first-order chi connectivity index (χ1) is 9.93. The Morgan fingerprint density at radius 1 is 1.29 bits per heavy atom. The Kier molecular flexibility index (Phi) is 4.66. The van der Waals surface area contributed by atoms with Crippen molar-refractivity contribution in [2.24, 2.45) is 5.92 Å². The van der Waals surface area contributed by atoms with Gasteiger partial charge < -0.3 is 5.32 Å². The summed E-state index contributed by atoms with van der Waals surface area (Å²) in [4.78, 5) is 26.5. The van der Waals surface area contributed by atoms with Gasteiger partial charge in [-0.2, -0.15) is 0 Å². The quantitative estimate of drug-likeness (QED) is 0.925. The number of anilines is 1. The number of amides is 2. The number of hydrogen-bond acceptors (Lipinski definition) is 2. The molecule has 21 heavy (non-hydrogen) atoms. The maximum atomic E-state index is 12.7. The minimum absolute atomic E-state index is 0.0101. The first kappa shape index (κ1) is 15.5. The third-order valence-corrected chi connectivity index (χ3v) is 3.92. The number of nitrogens with one attached hydrogen (secondary N) is 1. The molecule has 1 saturated heterocycles. The SMILES string of the molecule is CCc1cccc(N2C(=O)C(CC(C)C)NC(=O)C2C)c1. The maximum absolute atomic E-state index is 12.7. The molecule has 0 bridgehead atoms. The first-order valence-corrected chi connectivity index (χ1v) is 7.66. The molecule has 0 aliphatic carbocycles. The molecule has 1 fully saturated rings. The van der Waals surface area contributed by atoms with Crippen LogP contribution in [0.5, 0.6) is 0 Å². The molecule has 1 aliphatic heterocycles. The van der Waals surface area contributed by atoms with E-state index in [9.17, 15) is 9.59 Å². The van der Waals surface area contributed by atoms with Crippen LogP contribution in [0.3, 0.4) is 0 Å². The first-order valence-electron chi connectivity index (χ1n) is 7.66. The Morgan fingerprint density at radius 3 is 2.62 bits per heavy atom. The number of carbonyl (C=O) groups excluding carboxylic acids is 2. The number of aryl methyl sites for hydroxylation is 1. The van der Waals surface area contributed by atoms with E-state index in [1.807, 2.05) is 24.3 Å². The number of carbonyl (C=O) groups is 2. The summed E-state index contributed by atoms with van der Waals surface area (Å²) in [6.07, 6.45) is 1.58. The van der Waals surface area contributed by atoms with Crippen LogP contribution in [0.15, 0.2) is 24.3 Å². The van der Waals surface area contributed by atoms with Crippen LogP contribution in [0, 0.1) is 5.92 Å². The van der Waals surface area contributed by atoms with Gasteiger partial charge in [0.05, 0.1) is 0 Å². The minimum atomic E-state index is -0.465. The lowest BCUT2D eigenvalue weighted by Gasteiger charge is -2.38. The van der Waals surface area contributed by atoms with E-state index < -0.39 is 12.1 Å². The fraction of sp³-hybridized carbons (Fsp3) is 0.529. The normalized spacial score (nSPS) is 22.6. The summed E-state index contributed by atoms with van der Waals surface area (Å²) in [6.45, 7) is 7.96. The molecule has 2 rings (SSSR count). The van der Waals surface area contributed by atoms with Crippen LogP contribution in [0.25, 0.3) is 0 Å². The number of piperazine rings is 1. The van der Waals surface area contributed by atoms with Crippen LogP contribution in [0.1, 0.15) is 39.7 Å². The van der Waals surface area contributed by atoms with Crippen molar-refractivity contribution in [2.45, 2.75) is 52.6 Å². The third kappa shape index (κ3) is 3.26. The lowest BCUT2D eigenvalue weighted by atomic mass is 9.98. The van der Waals surface area contributed by atoms with E-state index in [-0.39, 0.29) is 11.8 Å². The Morgan fingerprint density at radius 2 is 2.00 bits per heavy atom. The number of rotatable bonds is 4. The molecule has 4 nitrogen and oxygen atoms in total. The summed E-state index contributed by atoms with van der Waals surface area (Å²) in [5, 5.41) is 2.85. The van der Waals surface area contributed by atoms with Crippen LogP contribution in [-0.2, 0) is 16.0 Å². The van der Waals surface area contributed by atoms with E-state index >= 15 is 0 Å². The average Bonchev–Trinajstić information content (AvgIpc) is 2.45. The minimum Gasteiger partial charge on any atom is -0.342 e. The van der Waals surface area contributed by atoms with Crippen LogP contribution in [-0.4, -0.2) is 23.9 Å². The fourth-order valence-electron chi connectivity index (χ4n) is 2.74. The van der Waals surface area contributed by atoms with Gasteiger partial charge in [0, 0.05) is 5.69 Å². The van der Waals surface area contributed by atoms with Crippen LogP contribution in [0.4, 0.5) is 5.69 Å². The van der Waals surface area contributed by atoms with Crippen molar-refractivity contribution < 1.29 is 9.59 Å². The lowest BCUT2D eigenvalue weighted by molar-refractivity contribution is -0.133. The summed E-state index contributed by atoms with van der Waals surface area (Å²) in [5.74, 6) is 0.266. The second-order valence-electron chi connectivity index (χ2n) is 6.10. The van der Waals surface area contributed by atoms with E-state index in [2.05, 4.69) is 26.1 Å². The largest absolute Gasteiger partial charge is 0.342 e. The smallest absolute Gasteiger partial charge is 0.250 e. The van der Waals surface area contributed by atoms with Gasteiger partial charge in [0.2, 0.25) is 11.8 Å². The van der Waals surface area contributed by atoms with E-state index in [4.69, 9.17) is 0 Å². The molecule has 0 radical (unpaired) electrons. The monoisotopic (exact) mass is 288 g/mol. The Labute approximate surface area is 126 Å². The molecule has 1 aromatic carbocycles. The van der Waals surface area contributed by atoms with Gasteiger partial charge in [-0.05, 0) is 43.4 Å². The topological polar surface area (TPSA) is 49.4 Å². The summed E-state index contributed by atoms with van der Waals surface area (Å²) < 4.78 is 0. The summed E-state index contributed by atoms with van der Waals surface area (Å²) in [5.41, 5.74) is 1.98. The highest BCUT2D eigenvalue weighted by Crippen LogP contribution is 2.24. The van der Waals surface area contributed by atoms with Crippen molar-refractivity contribution >= 4 is 17.5 Å². The lowest BCUT2D eigenvalue weighted by Crippen LogP contribution is -2.63. The molecule has 0 saturated carbocycles. The predicted molar refractivity (Wildman–Crippen MR) is 84.2 cm³/mol.